The lowest BCUT2D eigenvalue weighted by Crippen LogP contribution is -2.45. The third-order valence-corrected chi connectivity index (χ3v) is 9.00. The third-order valence-electron chi connectivity index (χ3n) is 4.65. The number of hydrogen-bond donors (Lipinski definition) is 1. The minimum atomic E-state index is -3.06. The van der Waals surface area contributed by atoms with Gasteiger partial charge in [-0.3, -0.25) is 4.79 Å². The fraction of sp³-hybridized carbons (Fsp3) is 0.556. The highest BCUT2D eigenvalue weighted by Crippen LogP contribution is 2.67. The molecule has 2 atom stereocenters. The first-order valence-corrected chi connectivity index (χ1v) is 12.1. The maximum atomic E-state index is 12.0. The number of carbonyl (C=O) groups is 1. The van der Waals surface area contributed by atoms with Gasteiger partial charge in [-0.15, -0.1) is 5.10 Å². The van der Waals surface area contributed by atoms with E-state index in [9.17, 15) is 4.79 Å². The van der Waals surface area contributed by atoms with Crippen LogP contribution in [0.3, 0.4) is 0 Å². The Morgan fingerprint density at radius 3 is 2.50 bits per heavy atom. The summed E-state index contributed by atoms with van der Waals surface area (Å²) in [4.78, 5) is 12.0. The van der Waals surface area contributed by atoms with E-state index < -0.39 is 17.0 Å². The maximum Gasteiger partial charge on any atom is 0.276 e. The van der Waals surface area contributed by atoms with E-state index in [4.69, 9.17) is 44.1 Å². The molecule has 1 saturated carbocycles. The Kier molecular flexibility index (Phi) is 6.86. The summed E-state index contributed by atoms with van der Waals surface area (Å²) in [5, 5.41) is 7.37. The zero-order chi connectivity index (χ0) is 20.4. The maximum absolute atomic E-state index is 12.0. The first kappa shape index (κ1) is 21.8. The van der Waals surface area contributed by atoms with Gasteiger partial charge in [0.25, 0.3) is 7.43 Å². The smallest absolute Gasteiger partial charge is 0.276 e. The van der Waals surface area contributed by atoms with Gasteiger partial charge in [-0.25, -0.2) is 4.74 Å². The van der Waals surface area contributed by atoms with Crippen LogP contribution in [0.4, 0.5) is 5.69 Å². The molecule has 3 rings (SSSR count). The van der Waals surface area contributed by atoms with Crippen molar-refractivity contribution in [3.63, 3.8) is 0 Å². The largest absolute Gasteiger partial charge is 0.424 e. The number of amides is 1. The number of hydrazone groups is 1. The Bertz CT molecular complexity index is 792. The van der Waals surface area contributed by atoms with Gasteiger partial charge in [-0.1, -0.05) is 72.3 Å². The molecule has 1 amide bonds. The zero-order valence-corrected chi connectivity index (χ0v) is 19.0. The molecule has 1 aromatic carbocycles. The van der Waals surface area contributed by atoms with Gasteiger partial charge in [-0.05, 0) is 25.0 Å². The number of carbonyl (C=O) groups excluding carboxylic acids is 1. The molecule has 0 aromatic heterocycles. The van der Waals surface area contributed by atoms with Gasteiger partial charge in [0.2, 0.25) is 15.6 Å². The predicted molar refractivity (Wildman–Crippen MR) is 117 cm³/mol. The van der Waals surface area contributed by atoms with Crippen molar-refractivity contribution in [2.45, 2.75) is 61.6 Å². The standard InChI is InChI=1S/C18H24Cl3N4O2P/c1-13(26)22-17(18(19,20)21)28(24-15-9-5-3-6-10-15)25(23-14(2)27-28)16-11-7-4-8-12-16/h4,7-8,11-12,15,17H,3,5-6,9-10H2,1-2H3,(H,22,26). The van der Waals surface area contributed by atoms with Crippen molar-refractivity contribution in [3.8, 4) is 0 Å². The molecule has 1 aromatic rings. The van der Waals surface area contributed by atoms with Crippen LogP contribution in [0.15, 0.2) is 40.2 Å². The third kappa shape index (κ3) is 4.79. The van der Waals surface area contributed by atoms with Crippen LogP contribution in [0.25, 0.3) is 0 Å². The molecule has 1 N–H and O–H groups in total. The number of nitrogens with zero attached hydrogens (tertiary/aromatic N) is 3. The van der Waals surface area contributed by atoms with Gasteiger partial charge in [-0.2, -0.15) is 4.78 Å². The monoisotopic (exact) mass is 464 g/mol. The van der Waals surface area contributed by atoms with Crippen LogP contribution >= 0.6 is 42.2 Å². The summed E-state index contributed by atoms with van der Waals surface area (Å²) in [7, 11) is -3.06. The second kappa shape index (κ2) is 8.83. The number of anilines is 1. The van der Waals surface area contributed by atoms with Crippen molar-refractivity contribution in [1.82, 2.24) is 5.32 Å². The molecular formula is C18H24Cl3N4O2P. The van der Waals surface area contributed by atoms with Crippen molar-refractivity contribution >= 4 is 59.7 Å². The molecule has 1 fully saturated rings. The topological polar surface area (TPSA) is 66.3 Å². The van der Waals surface area contributed by atoms with E-state index in [1.807, 2.05) is 30.3 Å². The fourth-order valence-corrected chi connectivity index (χ4v) is 8.08. The Morgan fingerprint density at radius 1 is 1.29 bits per heavy atom. The second-order valence-electron chi connectivity index (χ2n) is 6.98. The zero-order valence-electron chi connectivity index (χ0n) is 15.8. The molecule has 0 bridgehead atoms. The minimum absolute atomic E-state index is 0.0676. The Morgan fingerprint density at radius 2 is 1.93 bits per heavy atom. The highest BCUT2D eigenvalue weighted by molar-refractivity contribution is 7.65. The first-order chi connectivity index (χ1) is 13.2. The van der Waals surface area contributed by atoms with Gasteiger partial charge >= 0.3 is 0 Å². The number of alkyl halides is 3. The molecule has 2 unspecified atom stereocenters. The van der Waals surface area contributed by atoms with E-state index in [0.717, 1.165) is 31.4 Å². The second-order valence-corrected chi connectivity index (χ2v) is 11.8. The van der Waals surface area contributed by atoms with E-state index in [0.29, 0.717) is 5.90 Å². The first-order valence-electron chi connectivity index (χ1n) is 9.28. The van der Waals surface area contributed by atoms with E-state index in [1.165, 1.54) is 13.3 Å². The van der Waals surface area contributed by atoms with E-state index in [-0.39, 0.29) is 11.9 Å². The molecule has 154 valence electrons. The Balaban J connectivity index is 2.18. The molecule has 0 saturated heterocycles. The number of benzene rings is 1. The number of rotatable bonds is 4. The molecule has 10 heteroatoms. The van der Waals surface area contributed by atoms with E-state index in [1.54, 1.807) is 11.7 Å². The van der Waals surface area contributed by atoms with Gasteiger partial charge in [0.15, 0.2) is 5.78 Å². The quantitative estimate of drug-likeness (QED) is 0.434. The van der Waals surface area contributed by atoms with Crippen molar-refractivity contribution in [2.24, 2.45) is 9.85 Å². The number of halogens is 3. The van der Waals surface area contributed by atoms with Gasteiger partial charge in [0.05, 0.1) is 11.7 Å². The number of nitrogens with one attached hydrogen (secondary N) is 1. The Hall–Kier alpha value is -0.940. The highest BCUT2D eigenvalue weighted by atomic mass is 35.6. The predicted octanol–water partition coefficient (Wildman–Crippen LogP) is 6.05. The SMILES string of the molecule is CC(=O)NC(C(Cl)(Cl)Cl)P1(=NC2CCCCC2)OC(C)=NN1c1ccccc1. The summed E-state index contributed by atoms with van der Waals surface area (Å²) >= 11 is 19.1. The van der Waals surface area contributed by atoms with Crippen molar-refractivity contribution in [2.75, 3.05) is 4.78 Å². The van der Waals surface area contributed by atoms with Crippen LogP contribution in [-0.2, 0) is 9.32 Å². The van der Waals surface area contributed by atoms with Crippen molar-refractivity contribution in [1.29, 1.82) is 0 Å². The lowest BCUT2D eigenvalue weighted by molar-refractivity contribution is -0.119. The van der Waals surface area contributed by atoms with Crippen molar-refractivity contribution < 1.29 is 9.32 Å². The lowest BCUT2D eigenvalue weighted by Gasteiger charge is -2.38. The molecule has 28 heavy (non-hydrogen) atoms. The normalized spacial score (nSPS) is 24.3. The van der Waals surface area contributed by atoms with E-state index >= 15 is 0 Å². The van der Waals surface area contributed by atoms with Crippen LogP contribution in [0.2, 0.25) is 0 Å². The summed E-state index contributed by atoms with van der Waals surface area (Å²) in [6.45, 7) is 3.13. The minimum Gasteiger partial charge on any atom is -0.424 e. The van der Waals surface area contributed by atoms with Crippen LogP contribution in [-0.4, -0.2) is 27.4 Å². The molecular weight excluding hydrogens is 442 g/mol. The molecule has 1 heterocycles. The van der Waals surface area contributed by atoms with E-state index in [2.05, 4.69) is 10.4 Å². The highest BCUT2D eigenvalue weighted by Gasteiger charge is 2.54. The fourth-order valence-electron chi connectivity index (χ4n) is 3.51. The molecule has 1 aliphatic heterocycles. The van der Waals surface area contributed by atoms with Gasteiger partial charge in [0, 0.05) is 13.8 Å². The summed E-state index contributed by atoms with van der Waals surface area (Å²) in [6.07, 6.45) is 5.27. The average Bonchev–Trinajstić information content (AvgIpc) is 2.97. The molecule has 0 spiro atoms. The van der Waals surface area contributed by atoms with Crippen LogP contribution < -0.4 is 10.1 Å². The summed E-state index contributed by atoms with van der Waals surface area (Å²) in [5.74, 6) is -0.858. The molecule has 6 nitrogen and oxygen atoms in total. The van der Waals surface area contributed by atoms with Gasteiger partial charge < -0.3 is 9.84 Å². The molecule has 0 radical (unpaired) electrons. The Labute approximate surface area is 180 Å². The van der Waals surface area contributed by atoms with Gasteiger partial charge in [0.1, 0.15) is 0 Å². The van der Waals surface area contributed by atoms with Crippen LogP contribution in [0.5, 0.6) is 0 Å². The van der Waals surface area contributed by atoms with Crippen molar-refractivity contribution in [3.05, 3.63) is 30.3 Å². The number of para-hydroxylation sites is 1. The lowest BCUT2D eigenvalue weighted by atomic mass is 9.97. The summed E-state index contributed by atoms with van der Waals surface area (Å²) in [6, 6.07) is 9.58. The van der Waals surface area contributed by atoms with Crippen LogP contribution in [0.1, 0.15) is 46.0 Å². The summed E-state index contributed by atoms with van der Waals surface area (Å²) < 4.78 is 11.3. The average molecular weight is 466 g/mol. The molecule has 2 aliphatic rings. The van der Waals surface area contributed by atoms with Crippen LogP contribution in [0, 0.1) is 0 Å². The molecule has 1 aliphatic carbocycles. The number of hydrogen-bond acceptors (Lipinski definition) is 4. The summed E-state index contributed by atoms with van der Waals surface area (Å²) in [5.41, 5.74) is 0.775.